The van der Waals surface area contributed by atoms with Crippen LogP contribution in [-0.4, -0.2) is 14.5 Å². The molecular weight excluding hydrogens is 631 g/mol. The predicted octanol–water partition coefficient (Wildman–Crippen LogP) is 12.7. The number of aromatic nitrogens is 3. The molecule has 0 amide bonds. The predicted molar refractivity (Wildman–Crippen MR) is 217 cm³/mol. The molecule has 0 bridgehead atoms. The van der Waals surface area contributed by atoms with Crippen molar-refractivity contribution in [3.05, 3.63) is 175 Å². The molecule has 0 radical (unpaired) electrons. The van der Waals surface area contributed by atoms with E-state index in [0.717, 1.165) is 44.5 Å². The largest absolute Gasteiger partial charge is 0.293 e. The second-order valence-corrected chi connectivity index (χ2v) is 14.6. The first-order valence-electron chi connectivity index (χ1n) is 18.0. The van der Waals surface area contributed by atoms with Crippen molar-refractivity contribution in [2.24, 2.45) is 0 Å². The summed E-state index contributed by atoms with van der Waals surface area (Å²) in [5.74, 6) is 1.60. The van der Waals surface area contributed by atoms with Gasteiger partial charge in [0.2, 0.25) is 0 Å². The van der Waals surface area contributed by atoms with Crippen LogP contribution in [0.15, 0.2) is 164 Å². The molecule has 2 aromatic heterocycles. The molecule has 244 valence electrons. The summed E-state index contributed by atoms with van der Waals surface area (Å²) in [5.41, 5.74) is 12.0. The lowest BCUT2D eigenvalue weighted by Crippen LogP contribution is -2.14. The number of hydrogen-bond donors (Lipinski definition) is 0. The van der Waals surface area contributed by atoms with E-state index in [1.54, 1.807) is 0 Å². The van der Waals surface area contributed by atoms with Crippen molar-refractivity contribution >= 4 is 54.3 Å². The van der Waals surface area contributed by atoms with Crippen molar-refractivity contribution in [3.63, 3.8) is 0 Å². The highest BCUT2D eigenvalue weighted by Gasteiger charge is 2.35. The van der Waals surface area contributed by atoms with Crippen LogP contribution in [0.4, 0.5) is 0 Å². The lowest BCUT2D eigenvalue weighted by atomic mass is 9.81. The standard InChI is InChI=1S/C49H33N3/c1-49(2)41-22-9-7-18-36(41)37-26-25-33(28-42(37)49)35-20-12-24-44-46(35)40-27-31-14-3-4-15-32(31)29-45(40)52(44)48-39-19-8-10-23-43(39)50-47(51-48)38-21-11-16-30-13-5-6-17-34(30)38/h3-29H,1-2H3. The molecule has 52 heavy (non-hydrogen) atoms. The molecule has 0 atom stereocenters. The van der Waals surface area contributed by atoms with Gasteiger partial charge in [0.15, 0.2) is 5.82 Å². The molecule has 3 heteroatoms. The van der Waals surface area contributed by atoms with E-state index in [2.05, 4.69) is 182 Å². The number of hydrogen-bond acceptors (Lipinski definition) is 2. The lowest BCUT2D eigenvalue weighted by molar-refractivity contribution is 0.660. The van der Waals surface area contributed by atoms with E-state index in [-0.39, 0.29) is 5.41 Å². The quantitative estimate of drug-likeness (QED) is 0.188. The van der Waals surface area contributed by atoms with Gasteiger partial charge >= 0.3 is 0 Å². The van der Waals surface area contributed by atoms with Gasteiger partial charge in [-0.2, -0.15) is 0 Å². The number of para-hydroxylation sites is 1. The fraction of sp³-hybridized carbons (Fsp3) is 0.0612. The monoisotopic (exact) mass is 663 g/mol. The number of nitrogens with zero attached hydrogens (tertiary/aromatic N) is 3. The van der Waals surface area contributed by atoms with Gasteiger partial charge in [0, 0.05) is 27.1 Å². The Hall–Kier alpha value is -6.58. The fourth-order valence-corrected chi connectivity index (χ4v) is 8.86. The van der Waals surface area contributed by atoms with Gasteiger partial charge in [-0.05, 0) is 91.3 Å². The second kappa shape index (κ2) is 10.7. The molecule has 0 saturated heterocycles. The summed E-state index contributed by atoms with van der Waals surface area (Å²) in [6.07, 6.45) is 0. The maximum absolute atomic E-state index is 5.49. The zero-order chi connectivity index (χ0) is 34.6. The molecule has 2 heterocycles. The normalized spacial score (nSPS) is 13.3. The smallest absolute Gasteiger partial charge is 0.162 e. The van der Waals surface area contributed by atoms with Crippen molar-refractivity contribution in [3.8, 4) is 39.5 Å². The Labute approximate surface area is 301 Å². The Morgan fingerprint density at radius 3 is 1.98 bits per heavy atom. The molecule has 11 rings (SSSR count). The van der Waals surface area contributed by atoms with E-state index in [1.165, 1.54) is 60.3 Å². The van der Waals surface area contributed by atoms with Gasteiger partial charge in [-0.25, -0.2) is 9.97 Å². The molecule has 1 aliphatic carbocycles. The summed E-state index contributed by atoms with van der Waals surface area (Å²) >= 11 is 0. The van der Waals surface area contributed by atoms with Crippen molar-refractivity contribution in [1.82, 2.24) is 14.5 Å². The third kappa shape index (κ3) is 4.08. The van der Waals surface area contributed by atoms with Crippen molar-refractivity contribution < 1.29 is 0 Å². The van der Waals surface area contributed by atoms with Gasteiger partial charge in [0.1, 0.15) is 5.82 Å². The molecule has 0 unspecified atom stereocenters. The van der Waals surface area contributed by atoms with E-state index in [9.17, 15) is 0 Å². The summed E-state index contributed by atoms with van der Waals surface area (Å²) in [4.78, 5) is 10.7. The van der Waals surface area contributed by atoms with Crippen LogP contribution in [0.25, 0.3) is 93.7 Å². The van der Waals surface area contributed by atoms with E-state index in [4.69, 9.17) is 9.97 Å². The van der Waals surface area contributed by atoms with E-state index in [1.807, 2.05) is 0 Å². The van der Waals surface area contributed by atoms with Gasteiger partial charge in [-0.3, -0.25) is 4.57 Å². The minimum Gasteiger partial charge on any atom is -0.293 e. The van der Waals surface area contributed by atoms with Gasteiger partial charge in [0.05, 0.1) is 16.6 Å². The molecule has 0 N–H and O–H groups in total. The lowest BCUT2D eigenvalue weighted by Gasteiger charge is -2.22. The van der Waals surface area contributed by atoms with E-state index < -0.39 is 0 Å². The molecule has 0 aliphatic heterocycles. The van der Waals surface area contributed by atoms with E-state index >= 15 is 0 Å². The van der Waals surface area contributed by atoms with Crippen molar-refractivity contribution in [1.29, 1.82) is 0 Å². The highest BCUT2D eigenvalue weighted by molar-refractivity contribution is 6.19. The van der Waals surface area contributed by atoms with Gasteiger partial charge in [-0.15, -0.1) is 0 Å². The molecule has 8 aromatic carbocycles. The molecule has 1 aliphatic rings. The summed E-state index contributed by atoms with van der Waals surface area (Å²) in [5, 5.41) is 8.19. The highest BCUT2D eigenvalue weighted by Crippen LogP contribution is 2.50. The Bertz CT molecular complexity index is 3100. The summed E-state index contributed by atoms with van der Waals surface area (Å²) in [6.45, 7) is 4.71. The Kier molecular flexibility index (Phi) is 6.01. The van der Waals surface area contributed by atoms with Crippen LogP contribution in [0.5, 0.6) is 0 Å². The van der Waals surface area contributed by atoms with Gasteiger partial charge in [0.25, 0.3) is 0 Å². The molecule has 0 fully saturated rings. The summed E-state index contributed by atoms with van der Waals surface area (Å²) in [7, 11) is 0. The van der Waals surface area contributed by atoms with Crippen LogP contribution in [-0.2, 0) is 5.41 Å². The Morgan fingerprint density at radius 1 is 0.442 bits per heavy atom. The van der Waals surface area contributed by atoms with Crippen LogP contribution in [0.2, 0.25) is 0 Å². The molecule has 10 aromatic rings. The first kappa shape index (κ1) is 29.2. The maximum Gasteiger partial charge on any atom is 0.162 e. The fourth-order valence-electron chi connectivity index (χ4n) is 8.86. The summed E-state index contributed by atoms with van der Waals surface area (Å²) < 4.78 is 2.38. The van der Waals surface area contributed by atoms with Crippen molar-refractivity contribution in [2.45, 2.75) is 19.3 Å². The van der Waals surface area contributed by atoms with Crippen LogP contribution >= 0.6 is 0 Å². The van der Waals surface area contributed by atoms with Gasteiger partial charge < -0.3 is 0 Å². The first-order chi connectivity index (χ1) is 25.5. The summed E-state index contributed by atoms with van der Waals surface area (Å²) in [6, 6.07) is 59.4. The molecule has 0 spiro atoms. The average molecular weight is 664 g/mol. The molecule has 3 nitrogen and oxygen atoms in total. The van der Waals surface area contributed by atoms with Crippen LogP contribution in [0.1, 0.15) is 25.0 Å². The maximum atomic E-state index is 5.49. The van der Waals surface area contributed by atoms with Crippen LogP contribution in [0.3, 0.4) is 0 Å². The Balaban J connectivity index is 1.23. The minimum atomic E-state index is -0.0854. The van der Waals surface area contributed by atoms with Gasteiger partial charge in [-0.1, -0.05) is 141 Å². The van der Waals surface area contributed by atoms with Crippen molar-refractivity contribution in [2.75, 3.05) is 0 Å². The molecule has 0 saturated carbocycles. The zero-order valence-corrected chi connectivity index (χ0v) is 28.9. The SMILES string of the molecule is CC1(C)c2ccccc2-c2ccc(-c3cccc4c3c3cc5ccccc5cc3n4-c3nc(-c4cccc5ccccc45)nc4ccccc34)cc21. The topological polar surface area (TPSA) is 30.7 Å². The zero-order valence-electron chi connectivity index (χ0n) is 28.9. The average Bonchev–Trinajstić information content (AvgIpc) is 3.63. The highest BCUT2D eigenvalue weighted by atomic mass is 15.1. The third-order valence-corrected chi connectivity index (χ3v) is 11.4. The molecular formula is C49H33N3. The van der Waals surface area contributed by atoms with E-state index in [0.29, 0.717) is 0 Å². The second-order valence-electron chi connectivity index (χ2n) is 14.6. The van der Waals surface area contributed by atoms with Crippen LogP contribution in [0, 0.1) is 0 Å². The number of fused-ring (bicyclic) bond motifs is 9. The minimum absolute atomic E-state index is 0.0854. The first-order valence-corrected chi connectivity index (χ1v) is 18.0. The number of rotatable bonds is 3. The number of benzene rings is 8. The van der Waals surface area contributed by atoms with Crippen LogP contribution < -0.4 is 0 Å². The Morgan fingerprint density at radius 2 is 1.10 bits per heavy atom. The third-order valence-electron chi connectivity index (χ3n) is 11.4.